The highest BCUT2D eigenvalue weighted by Crippen LogP contribution is 2.33. The number of carbonyl (C=O) groups excluding carboxylic acids is 1. The summed E-state index contributed by atoms with van der Waals surface area (Å²) in [4.78, 5) is 15.6. The zero-order valence-electron chi connectivity index (χ0n) is 18.8. The van der Waals surface area contributed by atoms with Crippen molar-refractivity contribution in [3.63, 3.8) is 0 Å². The van der Waals surface area contributed by atoms with E-state index in [1.807, 2.05) is 31.2 Å². The lowest BCUT2D eigenvalue weighted by Crippen LogP contribution is -2.35. The molecule has 1 amide bonds. The van der Waals surface area contributed by atoms with Crippen molar-refractivity contribution in [2.75, 3.05) is 36.4 Å². The van der Waals surface area contributed by atoms with Crippen LogP contribution in [0.4, 0.5) is 11.4 Å². The maximum atomic E-state index is 13.3. The molecule has 0 saturated carbocycles. The van der Waals surface area contributed by atoms with E-state index in [1.165, 1.54) is 12.8 Å². The first-order valence-electron chi connectivity index (χ1n) is 11.7. The number of sulfonamides is 1. The Morgan fingerprint density at radius 2 is 1.50 bits per heavy atom. The smallest absolute Gasteiger partial charge is 0.255 e. The van der Waals surface area contributed by atoms with Crippen molar-refractivity contribution in [3.05, 3.63) is 53.6 Å². The molecule has 2 aromatic carbocycles. The van der Waals surface area contributed by atoms with Gasteiger partial charge in [-0.1, -0.05) is 37.0 Å². The monoisotopic (exact) mass is 455 g/mol. The molecule has 0 atom stereocenters. The first-order chi connectivity index (χ1) is 15.4. The molecule has 0 aliphatic carbocycles. The molecule has 0 spiro atoms. The second-order valence-electron chi connectivity index (χ2n) is 8.87. The maximum absolute atomic E-state index is 13.3. The van der Waals surface area contributed by atoms with Gasteiger partial charge in [-0.25, -0.2) is 8.42 Å². The number of carbonyl (C=O) groups is 1. The van der Waals surface area contributed by atoms with Gasteiger partial charge < -0.3 is 10.2 Å². The summed E-state index contributed by atoms with van der Waals surface area (Å²) in [6, 6.07) is 12.7. The zero-order valence-corrected chi connectivity index (χ0v) is 19.7. The Kier molecular flexibility index (Phi) is 7.16. The lowest BCUT2D eigenvalue weighted by molar-refractivity contribution is 0.102. The second kappa shape index (κ2) is 10.0. The van der Waals surface area contributed by atoms with Crippen molar-refractivity contribution in [1.29, 1.82) is 0 Å². The predicted molar refractivity (Wildman–Crippen MR) is 129 cm³/mol. The van der Waals surface area contributed by atoms with Crippen LogP contribution < -0.4 is 10.2 Å². The highest BCUT2D eigenvalue weighted by molar-refractivity contribution is 7.89. The standard InChI is InChI=1S/C25H33N3O3S/c1-20-10-9-11-21(18-20)25(29)26-23-19-22(32(30,31)28-16-7-4-8-17-28)12-13-24(23)27-14-5-2-3-6-15-27/h9-13,18-19H,2-8,14-17H2,1H3,(H,26,29). The summed E-state index contributed by atoms with van der Waals surface area (Å²) in [5.74, 6) is -0.225. The van der Waals surface area contributed by atoms with Crippen molar-refractivity contribution in [2.45, 2.75) is 56.8 Å². The van der Waals surface area contributed by atoms with E-state index in [-0.39, 0.29) is 10.8 Å². The van der Waals surface area contributed by atoms with E-state index in [0.717, 1.165) is 56.4 Å². The first-order valence-corrected chi connectivity index (χ1v) is 13.2. The van der Waals surface area contributed by atoms with Crippen molar-refractivity contribution in [2.24, 2.45) is 0 Å². The van der Waals surface area contributed by atoms with E-state index < -0.39 is 10.0 Å². The topological polar surface area (TPSA) is 69.7 Å². The van der Waals surface area contributed by atoms with Crippen LogP contribution in [0.2, 0.25) is 0 Å². The van der Waals surface area contributed by atoms with Crippen LogP contribution in [-0.2, 0) is 10.0 Å². The Labute approximate surface area is 191 Å². The molecule has 2 aliphatic rings. The van der Waals surface area contributed by atoms with Gasteiger partial charge in [0.1, 0.15) is 0 Å². The van der Waals surface area contributed by atoms with Gasteiger partial charge in [0.25, 0.3) is 5.91 Å². The minimum Gasteiger partial charge on any atom is -0.370 e. The summed E-state index contributed by atoms with van der Waals surface area (Å²) in [5, 5.41) is 3.02. The summed E-state index contributed by atoms with van der Waals surface area (Å²) in [5.41, 5.74) is 3.03. The van der Waals surface area contributed by atoms with Crippen LogP contribution in [0.25, 0.3) is 0 Å². The van der Waals surface area contributed by atoms with Crippen LogP contribution in [0.15, 0.2) is 47.4 Å². The van der Waals surface area contributed by atoms with E-state index in [4.69, 9.17) is 0 Å². The van der Waals surface area contributed by atoms with Crippen molar-refractivity contribution < 1.29 is 13.2 Å². The van der Waals surface area contributed by atoms with Crippen molar-refractivity contribution in [3.8, 4) is 0 Å². The van der Waals surface area contributed by atoms with Gasteiger partial charge in [-0.05, 0) is 62.9 Å². The molecule has 4 rings (SSSR count). The molecule has 2 aromatic rings. The average Bonchev–Trinajstić information content (AvgIpc) is 3.09. The number of piperidine rings is 1. The van der Waals surface area contributed by atoms with Gasteiger partial charge in [0.2, 0.25) is 10.0 Å². The lowest BCUT2D eigenvalue weighted by Gasteiger charge is -2.28. The number of nitrogens with zero attached hydrogens (tertiary/aromatic N) is 2. The maximum Gasteiger partial charge on any atom is 0.255 e. The highest BCUT2D eigenvalue weighted by Gasteiger charge is 2.27. The Morgan fingerprint density at radius 3 is 2.19 bits per heavy atom. The fourth-order valence-electron chi connectivity index (χ4n) is 4.60. The largest absolute Gasteiger partial charge is 0.370 e. The third-order valence-corrected chi connectivity index (χ3v) is 8.29. The number of hydrogen-bond donors (Lipinski definition) is 1. The number of hydrogen-bond acceptors (Lipinski definition) is 4. The number of aryl methyl sites for hydroxylation is 1. The highest BCUT2D eigenvalue weighted by atomic mass is 32.2. The first kappa shape index (κ1) is 22.8. The molecule has 0 unspecified atom stereocenters. The van der Waals surface area contributed by atoms with E-state index in [2.05, 4.69) is 10.2 Å². The molecular formula is C25H33N3O3S. The number of benzene rings is 2. The summed E-state index contributed by atoms with van der Waals surface area (Å²) in [6.07, 6.45) is 7.44. The van der Waals surface area contributed by atoms with Gasteiger partial charge in [0.15, 0.2) is 0 Å². The minimum atomic E-state index is -3.58. The Bertz CT molecular complexity index is 1050. The normalized spacial score (nSPS) is 18.2. The quantitative estimate of drug-likeness (QED) is 0.703. The van der Waals surface area contributed by atoms with Gasteiger partial charge in [-0.2, -0.15) is 4.31 Å². The summed E-state index contributed by atoms with van der Waals surface area (Å²) in [6.45, 7) is 4.88. The lowest BCUT2D eigenvalue weighted by atomic mass is 10.1. The van der Waals surface area contributed by atoms with Gasteiger partial charge in [0, 0.05) is 31.7 Å². The molecule has 32 heavy (non-hydrogen) atoms. The van der Waals surface area contributed by atoms with Gasteiger partial charge in [-0.3, -0.25) is 4.79 Å². The van der Waals surface area contributed by atoms with E-state index >= 15 is 0 Å². The summed E-state index contributed by atoms with van der Waals surface area (Å²) < 4.78 is 28.1. The molecule has 2 fully saturated rings. The van der Waals surface area contributed by atoms with E-state index in [1.54, 1.807) is 22.5 Å². The van der Waals surface area contributed by atoms with E-state index in [0.29, 0.717) is 24.3 Å². The average molecular weight is 456 g/mol. The molecule has 0 aromatic heterocycles. The number of amides is 1. The fraction of sp³-hybridized carbons (Fsp3) is 0.480. The molecule has 7 heteroatoms. The van der Waals surface area contributed by atoms with Crippen LogP contribution in [-0.4, -0.2) is 44.8 Å². The fourth-order valence-corrected chi connectivity index (χ4v) is 6.14. The molecule has 2 saturated heterocycles. The van der Waals surface area contributed by atoms with Crippen LogP contribution in [0.3, 0.4) is 0 Å². The molecule has 0 radical (unpaired) electrons. The number of rotatable bonds is 5. The van der Waals surface area contributed by atoms with Crippen molar-refractivity contribution >= 4 is 27.3 Å². The predicted octanol–water partition coefficient (Wildman–Crippen LogP) is 4.80. The van der Waals surface area contributed by atoms with Crippen LogP contribution in [0, 0.1) is 6.92 Å². The molecule has 172 valence electrons. The molecule has 0 bridgehead atoms. The van der Waals surface area contributed by atoms with Crippen LogP contribution >= 0.6 is 0 Å². The van der Waals surface area contributed by atoms with Gasteiger partial charge >= 0.3 is 0 Å². The molecule has 2 aliphatic heterocycles. The Hall–Kier alpha value is -2.38. The Morgan fingerprint density at radius 1 is 0.844 bits per heavy atom. The second-order valence-corrected chi connectivity index (χ2v) is 10.8. The molecule has 2 heterocycles. The zero-order chi connectivity index (χ0) is 22.6. The Balaban J connectivity index is 1.69. The number of nitrogens with one attached hydrogen (secondary N) is 1. The number of anilines is 2. The summed E-state index contributed by atoms with van der Waals surface area (Å²) >= 11 is 0. The van der Waals surface area contributed by atoms with Crippen LogP contribution in [0.1, 0.15) is 60.9 Å². The SMILES string of the molecule is Cc1cccc(C(=O)Nc2cc(S(=O)(=O)N3CCCCC3)ccc2N2CCCCCC2)c1. The molecular weight excluding hydrogens is 422 g/mol. The summed E-state index contributed by atoms with van der Waals surface area (Å²) in [7, 11) is -3.58. The van der Waals surface area contributed by atoms with Crippen LogP contribution in [0.5, 0.6) is 0 Å². The van der Waals surface area contributed by atoms with E-state index in [9.17, 15) is 13.2 Å². The molecule has 1 N–H and O–H groups in total. The molecule has 6 nitrogen and oxygen atoms in total. The van der Waals surface area contributed by atoms with Gasteiger partial charge in [-0.15, -0.1) is 0 Å². The van der Waals surface area contributed by atoms with Crippen molar-refractivity contribution in [1.82, 2.24) is 4.31 Å². The minimum absolute atomic E-state index is 0.225. The third-order valence-electron chi connectivity index (χ3n) is 6.40. The van der Waals surface area contributed by atoms with Gasteiger partial charge in [0.05, 0.1) is 16.3 Å². The third kappa shape index (κ3) is 5.15.